The molecule has 0 bridgehead atoms. The van der Waals surface area contributed by atoms with Gasteiger partial charge >= 0.3 is 0 Å². The molecule has 122 valence electrons. The minimum absolute atomic E-state index is 0.175. The molecule has 0 saturated heterocycles. The van der Waals surface area contributed by atoms with Crippen LogP contribution in [0.5, 0.6) is 0 Å². The third-order valence-corrected chi connectivity index (χ3v) is 4.57. The van der Waals surface area contributed by atoms with Crippen molar-refractivity contribution in [1.29, 1.82) is 0 Å². The summed E-state index contributed by atoms with van der Waals surface area (Å²) in [4.78, 5) is 24.3. The fraction of sp³-hybridized carbons (Fsp3) is 0.211. The summed E-state index contributed by atoms with van der Waals surface area (Å²) in [7, 11) is 2.00. The van der Waals surface area contributed by atoms with Crippen LogP contribution in [0, 0.1) is 10.1 Å². The van der Waals surface area contributed by atoms with E-state index in [-0.39, 0.29) is 16.9 Å². The lowest BCUT2D eigenvalue weighted by molar-refractivity contribution is -0.419. The highest BCUT2D eigenvalue weighted by Crippen LogP contribution is 2.46. The van der Waals surface area contributed by atoms with Gasteiger partial charge in [0, 0.05) is 35.5 Å². The van der Waals surface area contributed by atoms with Crippen LogP contribution >= 0.6 is 0 Å². The predicted octanol–water partition coefficient (Wildman–Crippen LogP) is 3.52. The SMILES string of the molecule is CN1/C(=C\C=C2\C=CC([N+](=O)[O-])=CC2=O)C(C)(C)c2ccccc21. The van der Waals surface area contributed by atoms with E-state index in [0.717, 1.165) is 17.5 Å². The van der Waals surface area contributed by atoms with Crippen molar-refractivity contribution in [1.82, 2.24) is 0 Å². The molecule has 0 amide bonds. The summed E-state index contributed by atoms with van der Waals surface area (Å²) in [6.45, 7) is 4.28. The fourth-order valence-corrected chi connectivity index (χ4v) is 3.24. The van der Waals surface area contributed by atoms with Gasteiger partial charge in [0.15, 0.2) is 5.78 Å². The first kappa shape index (κ1) is 15.9. The quantitative estimate of drug-likeness (QED) is 0.475. The molecule has 0 radical (unpaired) electrons. The molecule has 1 aromatic rings. The third kappa shape index (κ3) is 2.48. The highest BCUT2D eigenvalue weighted by atomic mass is 16.6. The lowest BCUT2D eigenvalue weighted by atomic mass is 9.83. The van der Waals surface area contributed by atoms with Crippen LogP contribution in [0.2, 0.25) is 0 Å². The first-order valence-corrected chi connectivity index (χ1v) is 7.66. The Kier molecular flexibility index (Phi) is 3.72. The van der Waals surface area contributed by atoms with Gasteiger partial charge in [-0.3, -0.25) is 14.9 Å². The van der Waals surface area contributed by atoms with Crippen LogP contribution in [-0.4, -0.2) is 17.8 Å². The van der Waals surface area contributed by atoms with Gasteiger partial charge in [0.2, 0.25) is 0 Å². The van der Waals surface area contributed by atoms with Gasteiger partial charge in [0.05, 0.1) is 11.0 Å². The van der Waals surface area contributed by atoms with Crippen molar-refractivity contribution < 1.29 is 9.72 Å². The van der Waals surface area contributed by atoms with Crippen LogP contribution < -0.4 is 4.90 Å². The predicted molar refractivity (Wildman–Crippen MR) is 93.3 cm³/mol. The number of hydrogen-bond donors (Lipinski definition) is 0. The molecule has 1 aliphatic heterocycles. The molecule has 0 saturated carbocycles. The zero-order valence-corrected chi connectivity index (χ0v) is 13.8. The minimum Gasteiger partial charge on any atom is -0.347 e. The lowest BCUT2D eigenvalue weighted by Crippen LogP contribution is -2.22. The summed E-state index contributed by atoms with van der Waals surface area (Å²) in [6.07, 6.45) is 7.55. The average molecular weight is 322 g/mol. The number of nitrogens with zero attached hydrogens (tertiary/aromatic N) is 2. The fourth-order valence-electron chi connectivity index (χ4n) is 3.24. The van der Waals surface area contributed by atoms with Crippen molar-refractivity contribution >= 4 is 11.5 Å². The summed E-state index contributed by atoms with van der Waals surface area (Å²) in [5.41, 5.74) is 3.53. The second-order valence-electron chi connectivity index (χ2n) is 6.40. The number of carbonyl (C=O) groups is 1. The summed E-state index contributed by atoms with van der Waals surface area (Å²) in [5.74, 6) is -0.350. The Bertz CT molecular complexity index is 857. The van der Waals surface area contributed by atoms with E-state index in [9.17, 15) is 14.9 Å². The van der Waals surface area contributed by atoms with Crippen molar-refractivity contribution in [2.75, 3.05) is 11.9 Å². The van der Waals surface area contributed by atoms with Gasteiger partial charge in [-0.1, -0.05) is 32.0 Å². The van der Waals surface area contributed by atoms with Crippen molar-refractivity contribution in [3.63, 3.8) is 0 Å². The number of fused-ring (bicyclic) bond motifs is 1. The summed E-state index contributed by atoms with van der Waals surface area (Å²) in [6, 6.07) is 8.21. The topological polar surface area (TPSA) is 63.4 Å². The smallest absolute Gasteiger partial charge is 0.273 e. The zero-order chi connectivity index (χ0) is 17.5. The number of allylic oxidation sites excluding steroid dienone is 7. The second-order valence-corrected chi connectivity index (χ2v) is 6.40. The maximum atomic E-state index is 12.0. The van der Waals surface area contributed by atoms with E-state index in [1.54, 1.807) is 6.08 Å². The van der Waals surface area contributed by atoms with Gasteiger partial charge in [-0.05, 0) is 29.9 Å². The Balaban J connectivity index is 1.95. The number of carbonyl (C=O) groups excluding carboxylic acids is 1. The third-order valence-electron chi connectivity index (χ3n) is 4.57. The van der Waals surface area contributed by atoms with Gasteiger partial charge in [0.25, 0.3) is 5.70 Å². The van der Waals surface area contributed by atoms with E-state index in [1.807, 2.05) is 25.3 Å². The molecule has 0 atom stereocenters. The molecule has 24 heavy (non-hydrogen) atoms. The molecule has 0 aromatic heterocycles. The molecule has 2 aliphatic rings. The summed E-state index contributed by atoms with van der Waals surface area (Å²) >= 11 is 0. The van der Waals surface area contributed by atoms with E-state index in [0.29, 0.717) is 5.57 Å². The van der Waals surface area contributed by atoms with E-state index in [4.69, 9.17) is 0 Å². The van der Waals surface area contributed by atoms with Crippen molar-refractivity contribution in [2.45, 2.75) is 19.3 Å². The largest absolute Gasteiger partial charge is 0.347 e. The van der Waals surface area contributed by atoms with E-state index >= 15 is 0 Å². The van der Waals surface area contributed by atoms with Crippen LogP contribution in [0.15, 0.2) is 71.6 Å². The first-order chi connectivity index (χ1) is 11.3. The molecule has 0 spiro atoms. The Morgan fingerprint density at radius 1 is 1.17 bits per heavy atom. The highest BCUT2D eigenvalue weighted by Gasteiger charge is 2.37. The maximum Gasteiger partial charge on any atom is 0.273 e. The standard InChI is InChI=1S/C19H18N2O3/c1-19(2)15-6-4-5-7-16(15)20(3)18(19)11-9-13-8-10-14(21(23)24)12-17(13)22/h4-12H,1-3H3/b13-9-,18-11-. The number of likely N-dealkylation sites (N-methyl/N-ethyl adjacent to an activating group) is 1. The molecule has 1 aromatic carbocycles. The van der Waals surface area contributed by atoms with Crippen LogP contribution in [0.25, 0.3) is 0 Å². The lowest BCUT2D eigenvalue weighted by Gasteiger charge is -2.23. The summed E-state index contributed by atoms with van der Waals surface area (Å²) < 4.78 is 0. The number of hydrogen-bond acceptors (Lipinski definition) is 4. The molecule has 1 heterocycles. The molecule has 0 fully saturated rings. The molecule has 5 heteroatoms. The number of anilines is 1. The van der Waals surface area contributed by atoms with Gasteiger partial charge in [-0.15, -0.1) is 0 Å². The van der Waals surface area contributed by atoms with Crippen LogP contribution in [0.4, 0.5) is 5.69 Å². The van der Waals surface area contributed by atoms with Crippen LogP contribution in [-0.2, 0) is 10.2 Å². The summed E-state index contributed by atoms with van der Waals surface area (Å²) in [5, 5.41) is 10.7. The molecule has 3 rings (SSSR count). The van der Waals surface area contributed by atoms with E-state index in [2.05, 4.69) is 30.9 Å². The zero-order valence-electron chi connectivity index (χ0n) is 13.8. The average Bonchev–Trinajstić information content (AvgIpc) is 2.74. The maximum absolute atomic E-state index is 12.0. The van der Waals surface area contributed by atoms with Gasteiger partial charge in [0.1, 0.15) is 0 Å². The molecule has 0 N–H and O–H groups in total. The monoisotopic (exact) mass is 322 g/mol. The first-order valence-electron chi connectivity index (χ1n) is 7.66. The van der Waals surface area contributed by atoms with Crippen molar-refractivity contribution in [2.24, 2.45) is 0 Å². The molecule has 5 nitrogen and oxygen atoms in total. The Labute approximate surface area is 140 Å². The number of rotatable bonds is 2. The van der Waals surface area contributed by atoms with Crippen LogP contribution in [0.1, 0.15) is 19.4 Å². The number of ketones is 1. The van der Waals surface area contributed by atoms with E-state index < -0.39 is 4.92 Å². The van der Waals surface area contributed by atoms with Crippen molar-refractivity contribution in [3.05, 3.63) is 87.3 Å². The van der Waals surface area contributed by atoms with Gasteiger partial charge < -0.3 is 4.90 Å². The number of para-hydroxylation sites is 1. The Morgan fingerprint density at radius 2 is 1.88 bits per heavy atom. The van der Waals surface area contributed by atoms with Crippen LogP contribution in [0.3, 0.4) is 0 Å². The highest BCUT2D eigenvalue weighted by molar-refractivity contribution is 6.08. The van der Waals surface area contributed by atoms with Gasteiger partial charge in [-0.2, -0.15) is 0 Å². The molecule has 1 aliphatic carbocycles. The number of nitro groups is 1. The van der Waals surface area contributed by atoms with Gasteiger partial charge in [-0.25, -0.2) is 0 Å². The number of benzene rings is 1. The minimum atomic E-state index is -0.561. The normalized spacial score (nSPS) is 22.0. The van der Waals surface area contributed by atoms with Crippen molar-refractivity contribution in [3.8, 4) is 0 Å². The Hall–Kier alpha value is -2.95. The molecular weight excluding hydrogens is 304 g/mol. The Morgan fingerprint density at radius 3 is 2.50 bits per heavy atom. The van der Waals surface area contributed by atoms with E-state index in [1.165, 1.54) is 17.7 Å². The second kappa shape index (κ2) is 5.60. The molecule has 0 unspecified atom stereocenters. The molecular formula is C19H18N2O3.